The molecule has 0 fully saturated rings. The van der Waals surface area contributed by atoms with Gasteiger partial charge >= 0.3 is 0 Å². The molecule has 0 spiro atoms. The molecule has 15 heavy (non-hydrogen) atoms. The smallest absolute Gasteiger partial charge is 0.0556 e. The van der Waals surface area contributed by atoms with E-state index in [4.69, 9.17) is 5.84 Å². The van der Waals surface area contributed by atoms with Gasteiger partial charge in [-0.2, -0.15) is 0 Å². The first-order valence-corrected chi connectivity index (χ1v) is 6.03. The number of hydrogen-bond donors (Lipinski definition) is 2. The second kappa shape index (κ2) is 5.45. The zero-order valence-corrected chi connectivity index (χ0v) is 10.6. The van der Waals surface area contributed by atoms with Crippen LogP contribution in [0.3, 0.4) is 0 Å². The van der Waals surface area contributed by atoms with Crippen LogP contribution in [0.1, 0.15) is 41.1 Å². The van der Waals surface area contributed by atoms with E-state index in [0.29, 0.717) is 0 Å². The lowest BCUT2D eigenvalue weighted by Gasteiger charge is -2.13. The molecule has 1 aromatic heterocycles. The average Bonchev–Trinajstić information content (AvgIpc) is 2.47. The van der Waals surface area contributed by atoms with E-state index in [9.17, 15) is 0 Å². The first-order chi connectivity index (χ1) is 7.04. The summed E-state index contributed by atoms with van der Waals surface area (Å²) in [6.07, 6.45) is 2.04. The predicted molar refractivity (Wildman–Crippen MR) is 67.9 cm³/mol. The minimum Gasteiger partial charge on any atom is -0.271 e. The number of nitrogens with one attached hydrogen (secondary N) is 1. The number of allylic oxidation sites excluding steroid dienone is 1. The van der Waals surface area contributed by atoms with Crippen LogP contribution < -0.4 is 11.3 Å². The van der Waals surface area contributed by atoms with Crippen LogP contribution >= 0.6 is 11.3 Å². The third-order valence-electron chi connectivity index (χ3n) is 2.59. The standard InChI is InChI=1S/C12H20N2S/c1-8(2)5-6-11(14-13)12-7-9(3)10(4)15-12/h7,11,14H,1,5-6,13H2,2-4H3. The van der Waals surface area contributed by atoms with Gasteiger partial charge in [0.05, 0.1) is 6.04 Å². The quantitative estimate of drug-likeness (QED) is 0.458. The van der Waals surface area contributed by atoms with Gasteiger partial charge in [-0.3, -0.25) is 11.3 Å². The fourth-order valence-electron chi connectivity index (χ4n) is 1.47. The zero-order valence-electron chi connectivity index (χ0n) is 9.76. The lowest BCUT2D eigenvalue weighted by atomic mass is 10.1. The molecule has 0 saturated heterocycles. The number of nitrogens with two attached hydrogens (primary N) is 1. The van der Waals surface area contributed by atoms with Gasteiger partial charge in [-0.15, -0.1) is 17.9 Å². The molecule has 84 valence electrons. The summed E-state index contributed by atoms with van der Waals surface area (Å²) in [5.41, 5.74) is 5.44. The minimum absolute atomic E-state index is 0.263. The van der Waals surface area contributed by atoms with Crippen molar-refractivity contribution in [3.05, 3.63) is 33.5 Å². The van der Waals surface area contributed by atoms with Gasteiger partial charge in [0.2, 0.25) is 0 Å². The Kier molecular flexibility index (Phi) is 4.51. The monoisotopic (exact) mass is 224 g/mol. The summed E-state index contributed by atoms with van der Waals surface area (Å²) in [6, 6.07) is 2.49. The van der Waals surface area contributed by atoms with Gasteiger partial charge in [0, 0.05) is 9.75 Å². The Bertz CT molecular complexity index is 322. The second-order valence-electron chi connectivity index (χ2n) is 4.10. The van der Waals surface area contributed by atoms with E-state index in [1.807, 2.05) is 11.3 Å². The molecule has 1 aromatic rings. The predicted octanol–water partition coefficient (Wildman–Crippen LogP) is 3.23. The lowest BCUT2D eigenvalue weighted by Crippen LogP contribution is -2.27. The van der Waals surface area contributed by atoms with Crippen molar-refractivity contribution in [1.29, 1.82) is 0 Å². The summed E-state index contributed by atoms with van der Waals surface area (Å²) in [6.45, 7) is 10.3. The Balaban J connectivity index is 2.69. The molecule has 1 atom stereocenters. The van der Waals surface area contributed by atoms with Crippen molar-refractivity contribution in [2.75, 3.05) is 0 Å². The summed E-state index contributed by atoms with van der Waals surface area (Å²) in [4.78, 5) is 2.70. The molecular formula is C12H20N2S. The molecule has 0 aliphatic heterocycles. The van der Waals surface area contributed by atoms with Gasteiger partial charge in [0.15, 0.2) is 0 Å². The Hall–Kier alpha value is -0.640. The Labute approximate surface area is 96.2 Å². The van der Waals surface area contributed by atoms with Crippen LogP contribution in [0.25, 0.3) is 0 Å². The molecule has 0 amide bonds. The zero-order chi connectivity index (χ0) is 11.4. The highest BCUT2D eigenvalue weighted by molar-refractivity contribution is 7.12. The van der Waals surface area contributed by atoms with Crippen molar-refractivity contribution in [3.8, 4) is 0 Å². The lowest BCUT2D eigenvalue weighted by molar-refractivity contribution is 0.523. The molecule has 3 N–H and O–H groups in total. The molecule has 0 radical (unpaired) electrons. The first kappa shape index (κ1) is 12.4. The normalized spacial score (nSPS) is 12.8. The first-order valence-electron chi connectivity index (χ1n) is 5.22. The molecule has 0 aliphatic carbocycles. The molecule has 2 nitrogen and oxygen atoms in total. The van der Waals surface area contributed by atoms with Crippen LogP contribution in [0.5, 0.6) is 0 Å². The maximum absolute atomic E-state index is 5.58. The van der Waals surface area contributed by atoms with Gasteiger partial charge in [-0.25, -0.2) is 0 Å². The Morgan fingerprint density at radius 1 is 1.60 bits per heavy atom. The third-order valence-corrected chi connectivity index (χ3v) is 3.86. The molecule has 0 bridgehead atoms. The van der Waals surface area contributed by atoms with Gasteiger partial charge in [-0.1, -0.05) is 5.57 Å². The fourth-order valence-corrected chi connectivity index (χ4v) is 2.61. The molecule has 0 aliphatic rings. The van der Waals surface area contributed by atoms with Crippen molar-refractivity contribution in [1.82, 2.24) is 5.43 Å². The van der Waals surface area contributed by atoms with Crippen molar-refractivity contribution >= 4 is 11.3 Å². The van der Waals surface area contributed by atoms with Crippen LogP contribution in [-0.2, 0) is 0 Å². The van der Waals surface area contributed by atoms with Crippen LogP contribution in [0.2, 0.25) is 0 Å². The third kappa shape index (κ3) is 3.45. The van der Waals surface area contributed by atoms with E-state index in [-0.39, 0.29) is 6.04 Å². The molecule has 3 heteroatoms. The van der Waals surface area contributed by atoms with Crippen LogP contribution in [0.15, 0.2) is 18.2 Å². The number of aryl methyl sites for hydroxylation is 2. The summed E-state index contributed by atoms with van der Waals surface area (Å²) < 4.78 is 0. The molecule has 0 saturated carbocycles. The maximum atomic E-state index is 5.58. The Morgan fingerprint density at radius 2 is 2.27 bits per heavy atom. The molecule has 1 rings (SSSR count). The summed E-state index contributed by atoms with van der Waals surface area (Å²) in [5.74, 6) is 5.58. The minimum atomic E-state index is 0.263. The highest BCUT2D eigenvalue weighted by Crippen LogP contribution is 2.29. The Morgan fingerprint density at radius 3 is 2.67 bits per heavy atom. The summed E-state index contributed by atoms with van der Waals surface area (Å²) in [5, 5.41) is 0. The van der Waals surface area contributed by atoms with E-state index >= 15 is 0 Å². The van der Waals surface area contributed by atoms with E-state index in [1.165, 1.54) is 20.9 Å². The maximum Gasteiger partial charge on any atom is 0.0556 e. The second-order valence-corrected chi connectivity index (χ2v) is 5.39. The van der Waals surface area contributed by atoms with E-state index < -0.39 is 0 Å². The van der Waals surface area contributed by atoms with E-state index in [1.54, 1.807) is 0 Å². The topological polar surface area (TPSA) is 38.0 Å². The average molecular weight is 224 g/mol. The number of hydrogen-bond acceptors (Lipinski definition) is 3. The SMILES string of the molecule is C=C(C)CCC(NN)c1cc(C)c(C)s1. The largest absolute Gasteiger partial charge is 0.271 e. The van der Waals surface area contributed by atoms with Crippen LogP contribution in [-0.4, -0.2) is 0 Å². The highest BCUT2D eigenvalue weighted by atomic mass is 32.1. The highest BCUT2D eigenvalue weighted by Gasteiger charge is 2.12. The van der Waals surface area contributed by atoms with Crippen LogP contribution in [0, 0.1) is 13.8 Å². The van der Waals surface area contributed by atoms with E-state index in [0.717, 1.165) is 12.8 Å². The fraction of sp³-hybridized carbons (Fsp3) is 0.500. The van der Waals surface area contributed by atoms with Crippen molar-refractivity contribution in [3.63, 3.8) is 0 Å². The summed E-state index contributed by atoms with van der Waals surface area (Å²) >= 11 is 1.83. The van der Waals surface area contributed by atoms with Gasteiger partial charge in [0.25, 0.3) is 0 Å². The summed E-state index contributed by atoms with van der Waals surface area (Å²) in [7, 11) is 0. The number of hydrazine groups is 1. The molecule has 1 unspecified atom stereocenters. The van der Waals surface area contributed by atoms with Gasteiger partial charge in [-0.05, 0) is 45.2 Å². The van der Waals surface area contributed by atoms with Crippen molar-refractivity contribution in [2.45, 2.75) is 39.7 Å². The molecular weight excluding hydrogens is 204 g/mol. The van der Waals surface area contributed by atoms with Gasteiger partial charge < -0.3 is 0 Å². The van der Waals surface area contributed by atoms with Crippen molar-refractivity contribution in [2.24, 2.45) is 5.84 Å². The molecule has 0 aromatic carbocycles. The van der Waals surface area contributed by atoms with Gasteiger partial charge in [0.1, 0.15) is 0 Å². The number of rotatable bonds is 5. The van der Waals surface area contributed by atoms with Crippen LogP contribution in [0.4, 0.5) is 0 Å². The van der Waals surface area contributed by atoms with E-state index in [2.05, 4.69) is 38.8 Å². The van der Waals surface area contributed by atoms with Crippen molar-refractivity contribution < 1.29 is 0 Å². The number of thiophene rings is 1. The molecule has 1 heterocycles.